The van der Waals surface area contributed by atoms with Gasteiger partial charge in [0.1, 0.15) is 0 Å². The van der Waals surface area contributed by atoms with Crippen molar-refractivity contribution in [2.75, 3.05) is 0 Å². The molecule has 0 atom stereocenters. The molecule has 17 nitrogen and oxygen atoms in total. The zero-order valence-corrected chi connectivity index (χ0v) is 14.3. The maximum atomic E-state index is 8.25. The fourth-order valence-corrected chi connectivity index (χ4v) is 0.129. The van der Waals surface area contributed by atoms with Gasteiger partial charge in [0, 0.05) is 42.1 Å². The van der Waals surface area contributed by atoms with E-state index in [2.05, 4.69) is 20.6 Å². The first-order chi connectivity index (χ1) is 5.96. The second kappa shape index (κ2) is 52.5. The summed E-state index contributed by atoms with van der Waals surface area (Å²) in [5, 5.41) is 41.7. The molecule has 0 fully saturated rings. The van der Waals surface area contributed by atoms with Gasteiger partial charge in [-0.3, -0.25) is 0 Å². The molecule has 134 valence electrons. The Bertz CT molecular complexity index is 196. The van der Waals surface area contributed by atoms with Crippen LogP contribution in [0.3, 0.4) is 0 Å². The minimum absolute atomic E-state index is 0. The molecule has 1 aromatic heterocycles. The van der Waals surface area contributed by atoms with Gasteiger partial charge in [-0.1, -0.05) is 5.21 Å². The van der Waals surface area contributed by atoms with Crippen molar-refractivity contribution in [3.8, 4) is 0 Å². The number of H-pyrrole nitrogens is 1. The van der Waals surface area contributed by atoms with E-state index in [0.717, 1.165) is 0 Å². The van der Waals surface area contributed by atoms with Crippen molar-refractivity contribution < 1.29 is 57.8 Å². The maximum absolute atomic E-state index is 8.25. The average molecular weight is 670 g/mol. The van der Waals surface area contributed by atoms with Crippen LogP contribution in [-0.4, -0.2) is 36.3 Å². The summed E-state index contributed by atoms with van der Waals surface area (Å²) in [6, 6.07) is 0. The molecule has 0 aromatic carbocycles. The van der Waals surface area contributed by atoms with E-state index in [1.54, 1.807) is 0 Å². The number of rotatable bonds is 0. The number of nitrogens with zero attached hydrogens (tertiary/aromatic N) is 5. The van der Waals surface area contributed by atoms with Crippen LogP contribution in [0.2, 0.25) is 0 Å². The smallest absolute Gasteiger partial charge is 0.161 e. The zero-order chi connectivity index (χ0) is 10.7. The van der Waals surface area contributed by atoms with Crippen molar-refractivity contribution in [3.63, 3.8) is 0 Å². The number of nitrogens with one attached hydrogen (secondary N) is 1. The van der Waals surface area contributed by atoms with Gasteiger partial charge in [-0.15, -0.1) is 10.2 Å². The summed E-state index contributed by atoms with van der Waals surface area (Å²) < 4.78 is 0. The molecule has 0 amide bonds. The summed E-state index contributed by atoms with van der Waals surface area (Å²) in [6.45, 7) is 0. The molecule has 1 aromatic rings. The van der Waals surface area contributed by atoms with Crippen molar-refractivity contribution in [2.24, 2.45) is 0 Å². The van der Waals surface area contributed by atoms with E-state index in [-0.39, 0.29) is 72.2 Å². The standard InChI is InChI=1S/CH2N4.2NO3.4H3N.H2O.2Pt/c1-2-4-5-3-1;2*2-1(3)4;;;;;;;/h1H,(H,2,3,4,5);;;4*1H3;1H2;;/q;2*-1;;;;;;;. The first-order valence-corrected chi connectivity index (χ1v) is 2.26. The second-order valence-corrected chi connectivity index (χ2v) is 1.01. The molecule has 0 aliphatic carbocycles. The molecule has 0 radical (unpaired) electrons. The van der Waals surface area contributed by atoms with Crippen LogP contribution in [0, 0.1) is 30.6 Å². The van der Waals surface area contributed by atoms with Crippen molar-refractivity contribution in [3.05, 3.63) is 37.0 Å². The fraction of sp³-hybridized carbons (Fsp3) is 0. The summed E-state index contributed by atoms with van der Waals surface area (Å²) in [5.74, 6) is 0. The molecule has 0 unspecified atom stereocenters. The second-order valence-electron chi connectivity index (χ2n) is 1.01. The van der Waals surface area contributed by atoms with E-state index in [4.69, 9.17) is 30.6 Å². The molecule has 1 rings (SSSR count). The Balaban J connectivity index is -0.0000000111. The van der Waals surface area contributed by atoms with Crippen LogP contribution in [0.25, 0.3) is 0 Å². The number of tetrazole rings is 1. The van der Waals surface area contributed by atoms with Crippen LogP contribution in [0.4, 0.5) is 0 Å². The van der Waals surface area contributed by atoms with Gasteiger partial charge in [-0.25, -0.2) is 0 Å². The quantitative estimate of drug-likeness (QED) is 0.156. The normalized spacial score (nSPS) is 4.40. The Hall–Kier alpha value is -1.35. The molecular formula is CH16N10O7Pt2-2. The van der Waals surface area contributed by atoms with Crippen LogP contribution in [0.15, 0.2) is 6.33 Å². The van der Waals surface area contributed by atoms with Gasteiger partial charge in [0.25, 0.3) is 0 Å². The molecule has 1 heterocycles. The topological polar surface area (TPSA) is 358 Å². The Morgan fingerprint density at radius 2 is 1.10 bits per heavy atom. The molecule has 15 N–H and O–H groups in total. The summed E-state index contributed by atoms with van der Waals surface area (Å²) in [7, 11) is 0. The van der Waals surface area contributed by atoms with Gasteiger partial charge in [0.05, 0.1) is 10.2 Å². The number of hydrogen-bond acceptors (Lipinski definition) is 13. The van der Waals surface area contributed by atoms with Crippen molar-refractivity contribution in [2.45, 2.75) is 0 Å². The van der Waals surface area contributed by atoms with Gasteiger partial charge < -0.3 is 60.7 Å². The van der Waals surface area contributed by atoms with Gasteiger partial charge in [-0.2, -0.15) is 5.21 Å². The predicted octanol–water partition coefficient (Wildman–Crippen LogP) is -1.46. The molecular weight excluding hydrogens is 654 g/mol. The predicted molar refractivity (Wildman–Crippen MR) is 58.6 cm³/mol. The maximum Gasteiger partial charge on any atom is 0.161 e. The SMILES string of the molecule is N.N.N.N.O.O=[N+]([O-])[O-].O=[N+]([O-])[O-].[Pt].[Pt].c1nn[nH]n1. The molecule has 0 saturated heterocycles. The van der Waals surface area contributed by atoms with Crippen LogP contribution in [-0.2, 0) is 42.1 Å². The third-order valence-electron chi connectivity index (χ3n) is 0.270. The average Bonchev–Trinajstić information content (AvgIpc) is 2.35. The summed E-state index contributed by atoms with van der Waals surface area (Å²) in [6.07, 6.45) is 1.33. The molecule has 20 heavy (non-hydrogen) atoms. The molecule has 0 aliphatic heterocycles. The first kappa shape index (κ1) is 62.4. The van der Waals surface area contributed by atoms with E-state index < -0.39 is 10.2 Å². The van der Waals surface area contributed by atoms with E-state index in [1.165, 1.54) is 6.33 Å². The molecule has 0 aliphatic rings. The fourth-order valence-electron chi connectivity index (χ4n) is 0.129. The third-order valence-corrected chi connectivity index (χ3v) is 0.270. The Morgan fingerprint density at radius 3 is 1.15 bits per heavy atom. The van der Waals surface area contributed by atoms with Crippen LogP contribution in [0.1, 0.15) is 0 Å². The number of hydrogen-bond donors (Lipinski definition) is 5. The van der Waals surface area contributed by atoms with E-state index in [0.29, 0.717) is 0 Å². The minimum atomic E-state index is -1.75. The summed E-state index contributed by atoms with van der Waals surface area (Å²) in [5.41, 5.74) is 0. The van der Waals surface area contributed by atoms with E-state index in [9.17, 15) is 0 Å². The summed E-state index contributed by atoms with van der Waals surface area (Å²) in [4.78, 5) is 16.5. The largest absolute Gasteiger partial charge is 0.412 e. The van der Waals surface area contributed by atoms with Crippen molar-refractivity contribution in [1.29, 1.82) is 0 Å². The molecule has 0 saturated carbocycles. The minimum Gasteiger partial charge on any atom is -0.412 e. The molecule has 0 bridgehead atoms. The van der Waals surface area contributed by atoms with Crippen LogP contribution < -0.4 is 24.6 Å². The molecule has 0 spiro atoms. The van der Waals surface area contributed by atoms with Crippen LogP contribution in [0.5, 0.6) is 0 Å². The van der Waals surface area contributed by atoms with Gasteiger partial charge >= 0.3 is 0 Å². The molecule has 19 heteroatoms. The monoisotopic (exact) mass is 670 g/mol. The van der Waals surface area contributed by atoms with E-state index >= 15 is 0 Å². The van der Waals surface area contributed by atoms with Crippen molar-refractivity contribution in [1.82, 2.24) is 45.2 Å². The Kier molecular flexibility index (Phi) is 164. The van der Waals surface area contributed by atoms with Crippen LogP contribution >= 0.6 is 0 Å². The van der Waals surface area contributed by atoms with E-state index in [1.807, 2.05) is 0 Å². The summed E-state index contributed by atoms with van der Waals surface area (Å²) >= 11 is 0. The van der Waals surface area contributed by atoms with Crippen molar-refractivity contribution >= 4 is 0 Å². The Labute approximate surface area is 140 Å². The van der Waals surface area contributed by atoms with Gasteiger partial charge in [-0.05, 0) is 0 Å². The zero-order valence-electron chi connectivity index (χ0n) is 9.72. The van der Waals surface area contributed by atoms with Gasteiger partial charge in [0.15, 0.2) is 6.33 Å². The first-order valence-electron chi connectivity index (χ1n) is 2.26. The number of aromatic nitrogens is 4. The number of aromatic amines is 1. The Morgan fingerprint density at radius 1 is 0.850 bits per heavy atom. The van der Waals surface area contributed by atoms with Gasteiger partial charge in [0.2, 0.25) is 0 Å². The third kappa shape index (κ3) is 306.